The van der Waals surface area contributed by atoms with Crippen LogP contribution < -0.4 is 19.5 Å². The second kappa shape index (κ2) is 9.40. The standard InChI is InChI=1S/C34H27NO9/c1-16-23(32(38)43-6)31(42-5)17-11-9-7-8-10-12-22-33(16)34(17,44-33)18-15-21(41-4)26-27(28(18)35-22)30(37)25-20(40-3)14-13-19(39-2)24(25)29(26)36/h7-8,13-17,22,35H,1-6H3/b8-7-/t16-,17+,22-,33-,34+/m0/s1. The Hall–Kier alpha value is -5.19. The van der Waals surface area contributed by atoms with Crippen LogP contribution in [0.2, 0.25) is 0 Å². The fourth-order valence-corrected chi connectivity index (χ4v) is 7.49. The largest absolute Gasteiger partial charge is 0.499 e. The van der Waals surface area contributed by atoms with Crippen LogP contribution in [0.3, 0.4) is 0 Å². The third kappa shape index (κ3) is 3.08. The topological polar surface area (TPSA) is 122 Å². The van der Waals surface area contributed by atoms with Crippen molar-refractivity contribution in [3.63, 3.8) is 0 Å². The van der Waals surface area contributed by atoms with E-state index in [2.05, 4.69) is 29.0 Å². The molecule has 10 heteroatoms. The molecule has 5 aliphatic rings. The smallest absolute Gasteiger partial charge is 0.337 e. The number of anilines is 1. The minimum Gasteiger partial charge on any atom is -0.499 e. The van der Waals surface area contributed by atoms with Crippen molar-refractivity contribution >= 4 is 23.2 Å². The van der Waals surface area contributed by atoms with E-state index in [1.807, 2.05) is 6.92 Å². The van der Waals surface area contributed by atoms with Gasteiger partial charge in [-0.2, -0.15) is 0 Å². The monoisotopic (exact) mass is 593 g/mol. The summed E-state index contributed by atoms with van der Waals surface area (Å²) in [6.07, 6.45) is 3.24. The Bertz CT molecular complexity index is 1920. The molecule has 1 saturated heterocycles. The molecule has 1 fully saturated rings. The van der Waals surface area contributed by atoms with E-state index in [0.29, 0.717) is 22.6 Å². The number of allylic oxidation sites excluding steroid dienone is 2. The molecule has 3 aliphatic carbocycles. The molecule has 222 valence electrons. The van der Waals surface area contributed by atoms with E-state index in [1.165, 1.54) is 35.5 Å². The van der Waals surface area contributed by atoms with Crippen molar-refractivity contribution in [3.05, 3.63) is 69.5 Å². The molecule has 0 saturated carbocycles. The number of ether oxygens (including phenoxy) is 6. The first-order chi connectivity index (χ1) is 21.3. The number of fused-ring (bicyclic) bond motifs is 4. The average Bonchev–Trinajstić information content (AvgIpc) is 3.77. The quantitative estimate of drug-likeness (QED) is 0.268. The molecule has 5 atom stereocenters. The lowest BCUT2D eigenvalue weighted by molar-refractivity contribution is -0.137. The highest BCUT2D eigenvalue weighted by molar-refractivity contribution is 6.33. The zero-order chi connectivity index (χ0) is 31.1. The third-order valence-electron chi connectivity index (χ3n) is 9.32. The lowest BCUT2D eigenvalue weighted by atomic mass is 9.59. The summed E-state index contributed by atoms with van der Waals surface area (Å²) in [7, 11) is 7.07. The number of epoxide rings is 1. The summed E-state index contributed by atoms with van der Waals surface area (Å²) in [5, 5.41) is 3.45. The van der Waals surface area contributed by atoms with E-state index < -0.39 is 46.6 Å². The molecule has 0 spiro atoms. The molecule has 4 bridgehead atoms. The molecule has 2 aromatic rings. The van der Waals surface area contributed by atoms with Gasteiger partial charge in [-0.25, -0.2) is 4.79 Å². The van der Waals surface area contributed by atoms with Gasteiger partial charge >= 0.3 is 5.97 Å². The van der Waals surface area contributed by atoms with Gasteiger partial charge in [0.25, 0.3) is 0 Å². The van der Waals surface area contributed by atoms with E-state index in [1.54, 1.807) is 30.4 Å². The maximum absolute atomic E-state index is 14.6. The van der Waals surface area contributed by atoms with Crippen LogP contribution in [0, 0.1) is 35.5 Å². The van der Waals surface area contributed by atoms with Gasteiger partial charge in [-0.3, -0.25) is 9.59 Å². The van der Waals surface area contributed by atoms with Crippen LogP contribution in [0.1, 0.15) is 44.3 Å². The van der Waals surface area contributed by atoms with Gasteiger partial charge in [0, 0.05) is 11.5 Å². The van der Waals surface area contributed by atoms with Crippen molar-refractivity contribution in [2.75, 3.05) is 40.9 Å². The van der Waals surface area contributed by atoms with Crippen LogP contribution in [0.4, 0.5) is 5.69 Å². The van der Waals surface area contributed by atoms with Crippen molar-refractivity contribution in [2.24, 2.45) is 11.8 Å². The summed E-state index contributed by atoms with van der Waals surface area (Å²) in [6, 6.07) is 4.15. The predicted octanol–water partition coefficient (Wildman–Crippen LogP) is 3.16. The highest BCUT2D eigenvalue weighted by atomic mass is 16.6. The number of methoxy groups -OCH3 is 5. The van der Waals surface area contributed by atoms with Crippen LogP contribution in [0.15, 0.2) is 41.7 Å². The summed E-state index contributed by atoms with van der Waals surface area (Å²) >= 11 is 0. The summed E-state index contributed by atoms with van der Waals surface area (Å²) in [5.74, 6) is 10.6. The number of hydrogen-bond acceptors (Lipinski definition) is 10. The molecule has 0 amide bonds. The fraction of sp³-hybridized carbons (Fsp3) is 0.324. The number of carbonyl (C=O) groups excluding carboxylic acids is 3. The second-order valence-corrected chi connectivity index (χ2v) is 10.9. The molecule has 44 heavy (non-hydrogen) atoms. The van der Waals surface area contributed by atoms with Gasteiger partial charge in [0.15, 0.2) is 0 Å². The number of ketones is 2. The van der Waals surface area contributed by atoms with Gasteiger partial charge in [-0.05, 0) is 30.4 Å². The molecular formula is C34H27NO9. The second-order valence-electron chi connectivity index (χ2n) is 10.9. The molecule has 2 heterocycles. The molecule has 10 nitrogen and oxygen atoms in total. The Morgan fingerprint density at radius 3 is 2.02 bits per heavy atom. The van der Waals surface area contributed by atoms with Crippen LogP contribution in [0.5, 0.6) is 17.2 Å². The number of benzene rings is 2. The lowest BCUT2D eigenvalue weighted by Crippen LogP contribution is -2.55. The first-order valence-corrected chi connectivity index (χ1v) is 13.9. The van der Waals surface area contributed by atoms with Gasteiger partial charge in [0.2, 0.25) is 11.6 Å². The van der Waals surface area contributed by atoms with E-state index >= 15 is 0 Å². The molecule has 7 rings (SSSR count). The maximum Gasteiger partial charge on any atom is 0.337 e. The van der Waals surface area contributed by atoms with E-state index in [0.717, 1.165) is 0 Å². The number of carbonyl (C=O) groups is 3. The van der Waals surface area contributed by atoms with Crippen molar-refractivity contribution in [1.82, 2.24) is 0 Å². The zero-order valence-electron chi connectivity index (χ0n) is 24.8. The zero-order valence-corrected chi connectivity index (χ0v) is 24.8. The van der Waals surface area contributed by atoms with Crippen LogP contribution in [-0.4, -0.2) is 64.7 Å². The van der Waals surface area contributed by atoms with Gasteiger partial charge in [-0.1, -0.05) is 30.6 Å². The molecular weight excluding hydrogens is 566 g/mol. The summed E-state index contributed by atoms with van der Waals surface area (Å²) in [5.41, 5.74) is -0.788. The fourth-order valence-electron chi connectivity index (χ4n) is 7.49. The highest BCUT2D eigenvalue weighted by Gasteiger charge is 2.85. The van der Waals surface area contributed by atoms with Gasteiger partial charge in [0.1, 0.15) is 46.2 Å². The average molecular weight is 594 g/mol. The summed E-state index contributed by atoms with van der Waals surface area (Å²) in [4.78, 5) is 42.0. The summed E-state index contributed by atoms with van der Waals surface area (Å²) < 4.78 is 34.8. The Labute approximate surface area is 253 Å². The molecule has 2 aromatic carbocycles. The predicted molar refractivity (Wildman–Crippen MR) is 156 cm³/mol. The molecule has 1 N–H and O–H groups in total. The first-order valence-electron chi connectivity index (χ1n) is 13.9. The normalized spacial score (nSPS) is 28.5. The Balaban J connectivity index is 1.58. The van der Waals surface area contributed by atoms with Crippen LogP contribution in [-0.2, 0) is 24.6 Å². The van der Waals surface area contributed by atoms with Crippen molar-refractivity contribution in [2.45, 2.75) is 24.2 Å². The minimum atomic E-state index is -1.22. The van der Waals surface area contributed by atoms with Crippen molar-refractivity contribution < 1.29 is 42.8 Å². The van der Waals surface area contributed by atoms with Crippen LogP contribution in [0.25, 0.3) is 0 Å². The van der Waals surface area contributed by atoms with E-state index in [4.69, 9.17) is 28.4 Å². The van der Waals surface area contributed by atoms with Gasteiger partial charge in [-0.15, -0.1) is 0 Å². The van der Waals surface area contributed by atoms with Gasteiger partial charge in [0.05, 0.1) is 69.1 Å². The van der Waals surface area contributed by atoms with E-state index in [-0.39, 0.29) is 39.5 Å². The number of esters is 1. The highest BCUT2D eigenvalue weighted by Crippen LogP contribution is 2.74. The van der Waals surface area contributed by atoms with Gasteiger partial charge < -0.3 is 33.7 Å². The maximum atomic E-state index is 14.6. The molecule has 0 aromatic heterocycles. The third-order valence-corrected chi connectivity index (χ3v) is 9.32. The van der Waals surface area contributed by atoms with Crippen molar-refractivity contribution in [3.8, 4) is 40.9 Å². The molecule has 0 radical (unpaired) electrons. The van der Waals surface area contributed by atoms with Crippen molar-refractivity contribution in [1.29, 1.82) is 0 Å². The number of hydrogen-bond donors (Lipinski definition) is 1. The molecule has 0 unspecified atom stereocenters. The Morgan fingerprint density at radius 2 is 1.43 bits per heavy atom. The van der Waals surface area contributed by atoms with Crippen LogP contribution >= 0.6 is 0 Å². The number of rotatable bonds is 5. The first kappa shape index (κ1) is 27.6. The summed E-state index contributed by atoms with van der Waals surface area (Å²) in [6.45, 7) is 1.86. The Morgan fingerprint density at radius 1 is 0.841 bits per heavy atom. The lowest BCUT2D eigenvalue weighted by Gasteiger charge is -2.43. The SMILES string of the molecule is COC(=O)C1=C(OC)[C@H]2C#C/C=C\C#C[C@@H]3Nc4c(cc(OC)c5c4C(=O)c4c(OC)ccc(OC)c4C5=O)[C@]24O[C@@]34[C@H]1C. The number of nitrogens with one attached hydrogen (secondary N) is 1. The molecule has 2 aliphatic heterocycles. The van der Waals surface area contributed by atoms with E-state index in [9.17, 15) is 14.4 Å². The Kier molecular flexibility index (Phi) is 5.91. The minimum absolute atomic E-state index is 0.0790.